The Morgan fingerprint density at radius 2 is 1.87 bits per heavy atom. The molecule has 2 aromatic heterocycles. The summed E-state index contributed by atoms with van der Waals surface area (Å²) in [5.41, 5.74) is 0.973. The molecular formula is C26H25ClF4N6O. The highest BCUT2D eigenvalue weighted by Crippen LogP contribution is 2.57. The molecule has 1 aromatic carbocycles. The number of ether oxygens (including phenoxy) is 1. The molecule has 5 heterocycles. The lowest BCUT2D eigenvalue weighted by atomic mass is 9.57. The predicted octanol–water partition coefficient (Wildman–Crippen LogP) is 4.96. The first-order valence-corrected chi connectivity index (χ1v) is 13.1. The molecule has 1 saturated carbocycles. The van der Waals surface area contributed by atoms with E-state index in [2.05, 4.69) is 24.6 Å². The third-order valence-corrected chi connectivity index (χ3v) is 8.61. The van der Waals surface area contributed by atoms with Crippen LogP contribution in [0.3, 0.4) is 0 Å². The Labute approximate surface area is 221 Å². The quantitative estimate of drug-likeness (QED) is 0.431. The number of rotatable bonds is 3. The van der Waals surface area contributed by atoms with Gasteiger partial charge in [0.2, 0.25) is 0 Å². The molecule has 1 spiro atoms. The molecule has 3 aromatic rings. The maximum Gasteiger partial charge on any atom is 0.433 e. The number of aromatic nitrogens is 4. The molecule has 0 radical (unpaired) electrons. The molecule has 2 saturated heterocycles. The van der Waals surface area contributed by atoms with Crippen LogP contribution in [0.5, 0.6) is 0 Å². The molecule has 3 fully saturated rings. The monoisotopic (exact) mass is 548 g/mol. The van der Waals surface area contributed by atoms with Crippen molar-refractivity contribution in [3.8, 4) is 5.69 Å². The zero-order valence-electron chi connectivity index (χ0n) is 20.4. The van der Waals surface area contributed by atoms with Crippen molar-refractivity contribution in [3.05, 3.63) is 64.1 Å². The highest BCUT2D eigenvalue weighted by molar-refractivity contribution is 6.30. The molecule has 4 aliphatic rings. The van der Waals surface area contributed by atoms with Gasteiger partial charge in [-0.25, -0.2) is 9.37 Å². The molecule has 12 heteroatoms. The van der Waals surface area contributed by atoms with Crippen LogP contribution in [0.25, 0.3) is 5.69 Å². The van der Waals surface area contributed by atoms with Crippen molar-refractivity contribution < 1.29 is 22.3 Å². The summed E-state index contributed by atoms with van der Waals surface area (Å²) < 4.78 is 61.4. The number of alkyl halides is 3. The molecule has 0 bridgehead atoms. The van der Waals surface area contributed by atoms with Crippen LogP contribution in [0.1, 0.15) is 48.1 Å². The van der Waals surface area contributed by atoms with Gasteiger partial charge < -0.3 is 9.64 Å². The topological polar surface area (TPSA) is 59.3 Å². The summed E-state index contributed by atoms with van der Waals surface area (Å²) >= 11 is 6.37. The molecule has 1 aliphatic carbocycles. The molecule has 3 aliphatic heterocycles. The Morgan fingerprint density at radius 1 is 1.05 bits per heavy atom. The summed E-state index contributed by atoms with van der Waals surface area (Å²) in [7, 11) is 0. The molecule has 7 rings (SSSR count). The van der Waals surface area contributed by atoms with E-state index in [-0.39, 0.29) is 17.2 Å². The molecule has 1 atom stereocenters. The second kappa shape index (κ2) is 8.62. The summed E-state index contributed by atoms with van der Waals surface area (Å²) in [6, 6.07) is 7.73. The number of pyridine rings is 1. The summed E-state index contributed by atoms with van der Waals surface area (Å²) in [5, 5.41) is 9.87. The summed E-state index contributed by atoms with van der Waals surface area (Å²) in [6.07, 6.45) is -2.02. The molecule has 0 amide bonds. The fourth-order valence-corrected chi connectivity index (χ4v) is 6.73. The van der Waals surface area contributed by atoms with Crippen LogP contribution in [-0.2, 0) is 24.0 Å². The number of nitrogens with zero attached hydrogens (tertiary/aromatic N) is 6. The van der Waals surface area contributed by atoms with Gasteiger partial charge in [-0.05, 0) is 55.2 Å². The average molecular weight is 549 g/mol. The maximum atomic E-state index is 14.3. The van der Waals surface area contributed by atoms with Crippen molar-refractivity contribution in [2.24, 2.45) is 5.41 Å². The Hall–Kier alpha value is -2.76. The van der Waals surface area contributed by atoms with Crippen LogP contribution < -0.4 is 4.90 Å². The van der Waals surface area contributed by atoms with Crippen LogP contribution in [0.4, 0.5) is 23.4 Å². The molecule has 0 unspecified atom stereocenters. The number of benzene rings is 1. The molecular weight excluding hydrogens is 524 g/mol. The van der Waals surface area contributed by atoms with E-state index < -0.39 is 17.7 Å². The summed E-state index contributed by atoms with van der Waals surface area (Å²) in [4.78, 5) is 7.55. The van der Waals surface area contributed by atoms with Gasteiger partial charge in [0.15, 0.2) is 17.5 Å². The fraction of sp³-hybridized carbons (Fsp3) is 0.500. The van der Waals surface area contributed by atoms with Crippen LogP contribution in [0.2, 0.25) is 5.02 Å². The Bertz CT molecular complexity index is 1390. The smallest absolute Gasteiger partial charge is 0.380 e. The van der Waals surface area contributed by atoms with E-state index in [1.54, 1.807) is 4.90 Å². The molecule has 38 heavy (non-hydrogen) atoms. The minimum atomic E-state index is -4.61. The number of halogens is 5. The second-order valence-corrected chi connectivity index (χ2v) is 11.4. The van der Waals surface area contributed by atoms with E-state index in [1.165, 1.54) is 0 Å². The van der Waals surface area contributed by atoms with Gasteiger partial charge in [-0.2, -0.15) is 13.2 Å². The van der Waals surface area contributed by atoms with E-state index in [4.69, 9.17) is 16.3 Å². The maximum absolute atomic E-state index is 14.3. The van der Waals surface area contributed by atoms with E-state index in [9.17, 15) is 17.6 Å². The third kappa shape index (κ3) is 3.97. The van der Waals surface area contributed by atoms with Crippen LogP contribution in [0.15, 0.2) is 30.3 Å². The largest absolute Gasteiger partial charge is 0.433 e. The minimum Gasteiger partial charge on any atom is -0.380 e. The normalized spacial score (nSPS) is 23.1. The van der Waals surface area contributed by atoms with Gasteiger partial charge in [-0.15, -0.1) is 10.2 Å². The number of hydrogen-bond donors (Lipinski definition) is 0. The Morgan fingerprint density at radius 3 is 2.61 bits per heavy atom. The lowest BCUT2D eigenvalue weighted by molar-refractivity contribution is -0.141. The van der Waals surface area contributed by atoms with Gasteiger partial charge in [0, 0.05) is 48.6 Å². The number of hydrogen-bond acceptors (Lipinski definition) is 6. The van der Waals surface area contributed by atoms with Crippen molar-refractivity contribution in [3.63, 3.8) is 0 Å². The average Bonchev–Trinajstić information content (AvgIpc) is 3.45. The van der Waals surface area contributed by atoms with Gasteiger partial charge in [-0.1, -0.05) is 11.6 Å². The zero-order chi connectivity index (χ0) is 26.2. The highest BCUT2D eigenvalue weighted by Gasteiger charge is 2.55. The van der Waals surface area contributed by atoms with Crippen LogP contribution >= 0.6 is 11.6 Å². The lowest BCUT2D eigenvalue weighted by Crippen LogP contribution is -2.62. The second-order valence-electron chi connectivity index (χ2n) is 11.0. The minimum absolute atomic E-state index is 0.0831. The van der Waals surface area contributed by atoms with Crippen molar-refractivity contribution in [1.29, 1.82) is 0 Å². The summed E-state index contributed by atoms with van der Waals surface area (Å²) in [5.74, 6) is 0.952. The molecule has 0 N–H and O–H groups in total. The summed E-state index contributed by atoms with van der Waals surface area (Å²) in [6.45, 7) is 3.78. The van der Waals surface area contributed by atoms with Crippen molar-refractivity contribution >= 4 is 17.4 Å². The zero-order valence-corrected chi connectivity index (χ0v) is 21.1. The van der Waals surface area contributed by atoms with Crippen LogP contribution in [-0.4, -0.2) is 57.0 Å². The van der Waals surface area contributed by atoms with E-state index in [0.29, 0.717) is 43.4 Å². The van der Waals surface area contributed by atoms with Crippen LogP contribution in [0, 0.1) is 11.2 Å². The van der Waals surface area contributed by atoms with Gasteiger partial charge in [0.05, 0.1) is 18.8 Å². The first-order valence-electron chi connectivity index (χ1n) is 12.7. The standard InChI is InChI=1S/C26H25ClF4N6O/c27-17-1-3-20-15(7-17)10-35(18-5-6-38-12-18)11-22-33-34-23(37(20)22)16-8-25(9-16)13-36(14-25)24-19(28)2-4-21(32-24)26(29,30)31/h1-4,7,16,18H,5-6,8-14H2/t18-/m0/s1. The molecule has 200 valence electrons. The number of anilines is 1. The van der Waals surface area contributed by atoms with Gasteiger partial charge in [-0.3, -0.25) is 9.47 Å². The first kappa shape index (κ1) is 24.3. The highest BCUT2D eigenvalue weighted by atomic mass is 35.5. The van der Waals surface area contributed by atoms with Gasteiger partial charge in [0.1, 0.15) is 11.5 Å². The lowest BCUT2D eigenvalue weighted by Gasteiger charge is -2.59. The predicted molar refractivity (Wildman–Crippen MR) is 131 cm³/mol. The Kier molecular flexibility index (Phi) is 5.51. The van der Waals surface area contributed by atoms with Crippen molar-refractivity contribution in [2.45, 2.75) is 50.5 Å². The van der Waals surface area contributed by atoms with Crippen molar-refractivity contribution in [2.75, 3.05) is 31.2 Å². The SMILES string of the molecule is Fc1ccc(C(F)(F)F)nc1N1CC2(CC(c3nnc4n3-c3ccc(Cl)cc3CN([C@H]3CCOC3)C4)C2)C1. The fourth-order valence-electron chi connectivity index (χ4n) is 6.53. The van der Waals surface area contributed by atoms with Gasteiger partial charge >= 0.3 is 6.18 Å². The molecule has 7 nitrogen and oxygen atoms in total. The van der Waals surface area contributed by atoms with Crippen molar-refractivity contribution in [1.82, 2.24) is 24.6 Å². The van der Waals surface area contributed by atoms with E-state index in [0.717, 1.165) is 61.4 Å². The number of fused-ring (bicyclic) bond motifs is 3. The van der Waals surface area contributed by atoms with E-state index >= 15 is 0 Å². The van der Waals surface area contributed by atoms with Gasteiger partial charge in [0.25, 0.3) is 0 Å². The Balaban J connectivity index is 1.12. The first-order chi connectivity index (χ1) is 18.2. The third-order valence-electron chi connectivity index (χ3n) is 8.37. The van der Waals surface area contributed by atoms with E-state index in [1.807, 2.05) is 18.2 Å².